The maximum atomic E-state index is 10.6. The van der Waals surface area contributed by atoms with Crippen LogP contribution in [0.4, 0.5) is 0 Å². The van der Waals surface area contributed by atoms with Crippen LogP contribution >= 0.6 is 23.2 Å². The van der Waals surface area contributed by atoms with E-state index < -0.39 is 6.10 Å². The third-order valence-electron chi connectivity index (χ3n) is 2.54. The zero-order chi connectivity index (χ0) is 13.0. The van der Waals surface area contributed by atoms with E-state index in [1.807, 2.05) is 24.3 Å². The van der Waals surface area contributed by atoms with Gasteiger partial charge < -0.3 is 4.74 Å². The first kappa shape index (κ1) is 12.9. The van der Waals surface area contributed by atoms with Crippen LogP contribution in [0.15, 0.2) is 48.5 Å². The van der Waals surface area contributed by atoms with Gasteiger partial charge in [-0.05, 0) is 35.4 Å². The Labute approximate surface area is 115 Å². The molecule has 2 rings (SSSR count). The van der Waals surface area contributed by atoms with E-state index in [1.54, 1.807) is 24.3 Å². The molecule has 0 saturated heterocycles. The number of hydrogen-bond donors (Lipinski definition) is 0. The Morgan fingerprint density at radius 1 is 0.833 bits per heavy atom. The minimum atomic E-state index is -0.447. The van der Waals surface area contributed by atoms with Crippen LogP contribution in [0.25, 0.3) is 0 Å². The number of halogens is 2. The van der Waals surface area contributed by atoms with E-state index in [0.717, 1.165) is 11.1 Å². The Morgan fingerprint density at radius 3 is 1.56 bits per heavy atom. The highest BCUT2D eigenvalue weighted by molar-refractivity contribution is 6.30. The first-order valence-corrected chi connectivity index (χ1v) is 6.06. The number of hydrogen-bond acceptors (Lipinski definition) is 2. The molecule has 0 heterocycles. The Kier molecular flexibility index (Phi) is 4.24. The Balaban J connectivity index is 2.35. The van der Waals surface area contributed by atoms with Crippen LogP contribution in [0.5, 0.6) is 0 Å². The summed E-state index contributed by atoms with van der Waals surface area (Å²) >= 11 is 11.7. The minimum absolute atomic E-state index is 0.438. The van der Waals surface area contributed by atoms with Crippen LogP contribution in [0.1, 0.15) is 17.2 Å². The minimum Gasteiger partial charge on any atom is -0.455 e. The van der Waals surface area contributed by atoms with Crippen LogP contribution in [0.2, 0.25) is 10.0 Å². The predicted octanol–water partition coefficient (Wildman–Crippen LogP) is 4.26. The standard InChI is InChI=1S/C14H10Cl2O2/c15-12-5-1-10(2-6-12)14(18-9-17)11-3-7-13(16)8-4-11/h1-9,14H. The lowest BCUT2D eigenvalue weighted by atomic mass is 10.0. The molecule has 92 valence electrons. The zero-order valence-corrected chi connectivity index (χ0v) is 10.9. The molecule has 0 spiro atoms. The molecule has 0 atom stereocenters. The van der Waals surface area contributed by atoms with Gasteiger partial charge in [0.2, 0.25) is 0 Å². The fraction of sp³-hybridized carbons (Fsp3) is 0.0714. The molecule has 0 saturated carbocycles. The molecule has 0 amide bonds. The van der Waals surface area contributed by atoms with E-state index in [2.05, 4.69) is 0 Å². The van der Waals surface area contributed by atoms with Crippen LogP contribution in [-0.4, -0.2) is 6.47 Å². The third kappa shape index (κ3) is 3.03. The highest BCUT2D eigenvalue weighted by Crippen LogP contribution is 2.27. The van der Waals surface area contributed by atoms with E-state index in [1.165, 1.54) is 0 Å². The summed E-state index contributed by atoms with van der Waals surface area (Å²) in [5.41, 5.74) is 1.71. The van der Waals surface area contributed by atoms with E-state index in [9.17, 15) is 4.79 Å². The number of carbonyl (C=O) groups excluding carboxylic acids is 1. The molecule has 0 aromatic heterocycles. The van der Waals surface area contributed by atoms with Gasteiger partial charge in [-0.15, -0.1) is 0 Å². The predicted molar refractivity (Wildman–Crippen MR) is 71.9 cm³/mol. The molecule has 4 heteroatoms. The molecule has 0 unspecified atom stereocenters. The van der Waals surface area contributed by atoms with Gasteiger partial charge >= 0.3 is 0 Å². The van der Waals surface area contributed by atoms with Crippen molar-refractivity contribution in [3.63, 3.8) is 0 Å². The van der Waals surface area contributed by atoms with E-state index in [-0.39, 0.29) is 0 Å². The van der Waals surface area contributed by atoms with Crippen LogP contribution < -0.4 is 0 Å². The first-order valence-electron chi connectivity index (χ1n) is 5.31. The number of ether oxygens (including phenoxy) is 1. The summed E-state index contributed by atoms with van der Waals surface area (Å²) in [5.74, 6) is 0. The second-order valence-corrected chi connectivity index (χ2v) is 4.59. The van der Waals surface area contributed by atoms with Crippen molar-refractivity contribution in [3.8, 4) is 0 Å². The lowest BCUT2D eigenvalue weighted by Crippen LogP contribution is -2.04. The van der Waals surface area contributed by atoms with E-state index in [0.29, 0.717) is 16.5 Å². The van der Waals surface area contributed by atoms with Gasteiger partial charge in [0.15, 0.2) is 6.10 Å². The maximum absolute atomic E-state index is 10.6. The highest BCUT2D eigenvalue weighted by Gasteiger charge is 2.14. The third-order valence-corrected chi connectivity index (χ3v) is 3.04. The summed E-state index contributed by atoms with van der Waals surface area (Å²) < 4.78 is 5.13. The Bertz CT molecular complexity index is 475. The molecule has 0 aliphatic heterocycles. The lowest BCUT2D eigenvalue weighted by Gasteiger charge is -2.16. The van der Waals surface area contributed by atoms with Crippen molar-refractivity contribution < 1.29 is 9.53 Å². The molecule has 0 fully saturated rings. The van der Waals surface area contributed by atoms with Gasteiger partial charge in [-0.3, -0.25) is 4.79 Å². The topological polar surface area (TPSA) is 26.3 Å². The molecular weight excluding hydrogens is 271 g/mol. The summed E-state index contributed by atoms with van der Waals surface area (Å²) in [6.07, 6.45) is -0.447. The van der Waals surface area contributed by atoms with Gasteiger partial charge in [-0.25, -0.2) is 0 Å². The SMILES string of the molecule is O=COC(c1ccc(Cl)cc1)c1ccc(Cl)cc1. The second-order valence-electron chi connectivity index (χ2n) is 3.72. The van der Waals surface area contributed by atoms with Gasteiger partial charge in [0.25, 0.3) is 6.47 Å². The Hall–Kier alpha value is -1.51. The lowest BCUT2D eigenvalue weighted by molar-refractivity contribution is -0.132. The van der Waals surface area contributed by atoms with Crippen molar-refractivity contribution >= 4 is 29.7 Å². The smallest absolute Gasteiger partial charge is 0.294 e. The van der Waals surface area contributed by atoms with Crippen LogP contribution in [0.3, 0.4) is 0 Å². The van der Waals surface area contributed by atoms with Crippen LogP contribution in [-0.2, 0) is 9.53 Å². The van der Waals surface area contributed by atoms with Gasteiger partial charge in [-0.2, -0.15) is 0 Å². The average molecular weight is 281 g/mol. The fourth-order valence-corrected chi connectivity index (χ4v) is 1.93. The van der Waals surface area contributed by atoms with E-state index in [4.69, 9.17) is 27.9 Å². The number of benzene rings is 2. The first-order chi connectivity index (χ1) is 8.70. The van der Waals surface area contributed by atoms with Crippen molar-refractivity contribution in [1.29, 1.82) is 0 Å². The summed E-state index contributed by atoms with van der Waals surface area (Å²) in [6, 6.07) is 14.3. The monoisotopic (exact) mass is 280 g/mol. The molecule has 2 aromatic rings. The van der Waals surface area contributed by atoms with Crippen LogP contribution in [0, 0.1) is 0 Å². The largest absolute Gasteiger partial charge is 0.455 e. The second kappa shape index (κ2) is 5.89. The molecule has 0 radical (unpaired) electrons. The maximum Gasteiger partial charge on any atom is 0.294 e. The summed E-state index contributed by atoms with van der Waals surface area (Å²) in [6.45, 7) is 0.438. The molecule has 0 aliphatic rings. The van der Waals surface area contributed by atoms with Crippen molar-refractivity contribution in [1.82, 2.24) is 0 Å². The summed E-state index contributed by atoms with van der Waals surface area (Å²) in [4.78, 5) is 10.6. The molecule has 0 bridgehead atoms. The molecular formula is C14H10Cl2O2. The normalized spacial score (nSPS) is 10.4. The molecule has 18 heavy (non-hydrogen) atoms. The van der Waals surface area contributed by atoms with Crippen molar-refractivity contribution in [2.75, 3.05) is 0 Å². The number of carbonyl (C=O) groups is 1. The molecule has 2 aromatic carbocycles. The van der Waals surface area contributed by atoms with Crippen molar-refractivity contribution in [2.45, 2.75) is 6.10 Å². The Morgan fingerprint density at radius 2 is 1.22 bits per heavy atom. The summed E-state index contributed by atoms with van der Waals surface area (Å²) in [5, 5.41) is 1.28. The fourth-order valence-electron chi connectivity index (χ4n) is 1.68. The van der Waals surface area contributed by atoms with Crippen molar-refractivity contribution in [2.24, 2.45) is 0 Å². The zero-order valence-electron chi connectivity index (χ0n) is 9.35. The number of rotatable bonds is 4. The van der Waals surface area contributed by atoms with Gasteiger partial charge in [0.05, 0.1) is 0 Å². The van der Waals surface area contributed by atoms with Gasteiger partial charge in [0.1, 0.15) is 0 Å². The quantitative estimate of drug-likeness (QED) is 0.783. The van der Waals surface area contributed by atoms with E-state index >= 15 is 0 Å². The molecule has 0 aliphatic carbocycles. The highest BCUT2D eigenvalue weighted by atomic mass is 35.5. The van der Waals surface area contributed by atoms with Gasteiger partial charge in [-0.1, -0.05) is 47.5 Å². The average Bonchev–Trinajstić information content (AvgIpc) is 2.39. The molecule has 2 nitrogen and oxygen atoms in total. The molecule has 0 N–H and O–H groups in total. The van der Waals surface area contributed by atoms with Crippen molar-refractivity contribution in [3.05, 3.63) is 69.7 Å². The van der Waals surface area contributed by atoms with Gasteiger partial charge in [0, 0.05) is 10.0 Å². The summed E-state index contributed by atoms with van der Waals surface area (Å²) in [7, 11) is 0.